The first-order chi connectivity index (χ1) is 10.5. The van der Waals surface area contributed by atoms with Gasteiger partial charge < -0.3 is 14.9 Å². The van der Waals surface area contributed by atoms with Crippen molar-refractivity contribution >= 4 is 17.8 Å². The van der Waals surface area contributed by atoms with E-state index in [1.807, 2.05) is 6.07 Å². The highest BCUT2D eigenvalue weighted by Crippen LogP contribution is 2.16. The van der Waals surface area contributed by atoms with Crippen LogP contribution in [0.15, 0.2) is 24.3 Å². The van der Waals surface area contributed by atoms with E-state index < -0.39 is 5.97 Å². The van der Waals surface area contributed by atoms with Gasteiger partial charge in [0.2, 0.25) is 5.91 Å². The van der Waals surface area contributed by atoms with Gasteiger partial charge in [-0.3, -0.25) is 14.4 Å². The summed E-state index contributed by atoms with van der Waals surface area (Å²) in [5, 5.41) is 8.67. The number of rotatable bonds is 6. The van der Waals surface area contributed by atoms with E-state index in [0.29, 0.717) is 18.5 Å². The number of aliphatic carboxylic acids is 1. The maximum absolute atomic E-state index is 12.3. The van der Waals surface area contributed by atoms with Crippen molar-refractivity contribution in [3.63, 3.8) is 0 Å². The molecule has 1 aromatic carbocycles. The molecule has 1 aliphatic heterocycles. The van der Waals surface area contributed by atoms with Crippen molar-refractivity contribution in [3.8, 4) is 0 Å². The first-order valence-corrected chi connectivity index (χ1v) is 7.31. The molecule has 1 heterocycles. The van der Waals surface area contributed by atoms with Crippen molar-refractivity contribution in [2.45, 2.75) is 25.8 Å². The normalized spacial score (nSPS) is 14.2. The summed E-state index contributed by atoms with van der Waals surface area (Å²) in [7, 11) is 1.59. The SMILES string of the molecule is CN(CCC(=O)O)C(=O)c1cccc(CN2CCCC2=O)c1. The molecule has 0 spiro atoms. The number of carboxylic acids is 1. The number of nitrogens with zero attached hydrogens (tertiary/aromatic N) is 2. The van der Waals surface area contributed by atoms with Gasteiger partial charge in [0.1, 0.15) is 0 Å². The molecule has 1 fully saturated rings. The molecular formula is C16H20N2O4. The first kappa shape index (κ1) is 16.0. The van der Waals surface area contributed by atoms with Gasteiger partial charge in [-0.05, 0) is 24.1 Å². The van der Waals surface area contributed by atoms with Crippen LogP contribution in [0.3, 0.4) is 0 Å². The third kappa shape index (κ3) is 4.07. The standard InChI is InChI=1S/C16H20N2O4/c1-17(9-7-15(20)21)16(22)13-5-2-4-12(10-13)11-18-8-3-6-14(18)19/h2,4-5,10H,3,6-9,11H2,1H3,(H,20,21). The maximum atomic E-state index is 12.3. The monoisotopic (exact) mass is 304 g/mol. The molecule has 1 N–H and O–H groups in total. The molecule has 118 valence electrons. The van der Waals surface area contributed by atoms with Gasteiger partial charge in [0, 0.05) is 38.7 Å². The van der Waals surface area contributed by atoms with Crippen molar-refractivity contribution in [1.29, 1.82) is 0 Å². The van der Waals surface area contributed by atoms with Gasteiger partial charge >= 0.3 is 5.97 Å². The highest BCUT2D eigenvalue weighted by molar-refractivity contribution is 5.94. The van der Waals surface area contributed by atoms with Crippen molar-refractivity contribution in [1.82, 2.24) is 9.80 Å². The molecule has 2 amide bonds. The van der Waals surface area contributed by atoms with Crippen LogP contribution in [0.4, 0.5) is 0 Å². The van der Waals surface area contributed by atoms with Crippen LogP contribution in [-0.4, -0.2) is 52.8 Å². The fraction of sp³-hybridized carbons (Fsp3) is 0.438. The van der Waals surface area contributed by atoms with Gasteiger partial charge in [-0.25, -0.2) is 0 Å². The lowest BCUT2D eigenvalue weighted by atomic mass is 10.1. The van der Waals surface area contributed by atoms with E-state index in [4.69, 9.17) is 5.11 Å². The molecule has 22 heavy (non-hydrogen) atoms. The summed E-state index contributed by atoms with van der Waals surface area (Å²) in [6.07, 6.45) is 1.40. The molecular weight excluding hydrogens is 284 g/mol. The van der Waals surface area contributed by atoms with E-state index >= 15 is 0 Å². The molecule has 0 atom stereocenters. The second-order valence-corrected chi connectivity index (χ2v) is 5.49. The lowest BCUT2D eigenvalue weighted by Crippen LogP contribution is -2.29. The van der Waals surface area contributed by atoms with Crippen molar-refractivity contribution in [2.75, 3.05) is 20.1 Å². The van der Waals surface area contributed by atoms with Crippen LogP contribution in [0.5, 0.6) is 0 Å². The predicted octanol–water partition coefficient (Wildman–Crippen LogP) is 1.36. The molecule has 0 radical (unpaired) electrons. The zero-order valence-corrected chi connectivity index (χ0v) is 12.6. The summed E-state index contributed by atoms with van der Waals surface area (Å²) in [5.41, 5.74) is 1.42. The van der Waals surface area contributed by atoms with Gasteiger partial charge in [-0.1, -0.05) is 12.1 Å². The molecule has 1 saturated heterocycles. The van der Waals surface area contributed by atoms with Gasteiger partial charge in [-0.2, -0.15) is 0 Å². The Morgan fingerprint density at radius 3 is 2.77 bits per heavy atom. The van der Waals surface area contributed by atoms with E-state index in [9.17, 15) is 14.4 Å². The minimum Gasteiger partial charge on any atom is -0.481 e. The molecule has 0 aromatic heterocycles. The average Bonchev–Trinajstić information content (AvgIpc) is 2.89. The first-order valence-electron chi connectivity index (χ1n) is 7.31. The minimum atomic E-state index is -0.930. The Morgan fingerprint density at radius 1 is 1.36 bits per heavy atom. The van der Waals surface area contributed by atoms with Gasteiger partial charge in [0.15, 0.2) is 0 Å². The molecule has 0 aliphatic carbocycles. The maximum Gasteiger partial charge on any atom is 0.305 e. The van der Waals surface area contributed by atoms with E-state index in [1.54, 1.807) is 30.1 Å². The van der Waals surface area contributed by atoms with Gasteiger partial charge in [0.25, 0.3) is 5.91 Å². The van der Waals surface area contributed by atoms with E-state index in [2.05, 4.69) is 0 Å². The molecule has 2 rings (SSSR count). The summed E-state index contributed by atoms with van der Waals surface area (Å²) < 4.78 is 0. The minimum absolute atomic E-state index is 0.0792. The Bertz CT molecular complexity index is 585. The van der Waals surface area contributed by atoms with E-state index in [-0.39, 0.29) is 24.8 Å². The lowest BCUT2D eigenvalue weighted by molar-refractivity contribution is -0.137. The van der Waals surface area contributed by atoms with E-state index in [0.717, 1.165) is 18.5 Å². The Labute approximate surface area is 129 Å². The molecule has 1 aliphatic rings. The van der Waals surface area contributed by atoms with Crippen LogP contribution in [0, 0.1) is 0 Å². The highest BCUT2D eigenvalue weighted by Gasteiger charge is 2.20. The fourth-order valence-electron chi connectivity index (χ4n) is 2.48. The number of hydrogen-bond acceptors (Lipinski definition) is 3. The zero-order valence-electron chi connectivity index (χ0n) is 12.6. The molecule has 0 saturated carbocycles. The van der Waals surface area contributed by atoms with Gasteiger partial charge in [0.05, 0.1) is 6.42 Å². The predicted molar refractivity (Wildman–Crippen MR) is 80.3 cm³/mol. The average molecular weight is 304 g/mol. The smallest absolute Gasteiger partial charge is 0.305 e. The van der Waals surface area contributed by atoms with Crippen LogP contribution >= 0.6 is 0 Å². The Balaban J connectivity index is 2.02. The fourth-order valence-corrected chi connectivity index (χ4v) is 2.48. The Hall–Kier alpha value is -2.37. The van der Waals surface area contributed by atoms with Crippen LogP contribution in [0.25, 0.3) is 0 Å². The summed E-state index contributed by atoms with van der Waals surface area (Å²) in [6, 6.07) is 7.15. The van der Waals surface area contributed by atoms with Crippen molar-refractivity contribution in [3.05, 3.63) is 35.4 Å². The topological polar surface area (TPSA) is 77.9 Å². The van der Waals surface area contributed by atoms with Crippen LogP contribution < -0.4 is 0 Å². The number of benzene rings is 1. The van der Waals surface area contributed by atoms with E-state index in [1.165, 1.54) is 4.90 Å². The summed E-state index contributed by atoms with van der Waals surface area (Å²) in [6.45, 7) is 1.44. The summed E-state index contributed by atoms with van der Waals surface area (Å²) in [4.78, 5) is 37.7. The van der Waals surface area contributed by atoms with Crippen molar-refractivity contribution in [2.24, 2.45) is 0 Å². The Morgan fingerprint density at radius 2 is 2.14 bits per heavy atom. The molecule has 1 aromatic rings. The largest absolute Gasteiger partial charge is 0.481 e. The number of carbonyl (C=O) groups excluding carboxylic acids is 2. The number of carbonyl (C=O) groups is 3. The third-order valence-electron chi connectivity index (χ3n) is 3.73. The van der Waals surface area contributed by atoms with Crippen LogP contribution in [-0.2, 0) is 16.1 Å². The molecule has 6 heteroatoms. The van der Waals surface area contributed by atoms with Crippen molar-refractivity contribution < 1.29 is 19.5 Å². The molecule has 0 unspecified atom stereocenters. The summed E-state index contributed by atoms with van der Waals surface area (Å²) >= 11 is 0. The number of amides is 2. The Kier molecular flexibility index (Phi) is 5.14. The highest BCUT2D eigenvalue weighted by atomic mass is 16.4. The second kappa shape index (κ2) is 7.06. The summed E-state index contributed by atoms with van der Waals surface area (Å²) in [5.74, 6) is -0.993. The third-order valence-corrected chi connectivity index (χ3v) is 3.73. The number of likely N-dealkylation sites (tertiary alicyclic amines) is 1. The quantitative estimate of drug-likeness (QED) is 0.860. The second-order valence-electron chi connectivity index (χ2n) is 5.49. The van der Waals surface area contributed by atoms with Gasteiger partial charge in [-0.15, -0.1) is 0 Å². The zero-order chi connectivity index (χ0) is 16.1. The lowest BCUT2D eigenvalue weighted by Gasteiger charge is -2.18. The van der Waals surface area contributed by atoms with Crippen LogP contribution in [0.1, 0.15) is 35.2 Å². The molecule has 6 nitrogen and oxygen atoms in total. The van der Waals surface area contributed by atoms with Crippen LogP contribution in [0.2, 0.25) is 0 Å². The number of carboxylic acid groups (broad SMARTS) is 1. The number of hydrogen-bond donors (Lipinski definition) is 1. The molecule has 0 bridgehead atoms.